The second-order valence-electron chi connectivity index (χ2n) is 5.41. The quantitative estimate of drug-likeness (QED) is 0.934. The van der Waals surface area contributed by atoms with Gasteiger partial charge in [-0.15, -0.1) is 22.7 Å². The molecule has 0 aromatic carbocycles. The zero-order valence-corrected chi connectivity index (χ0v) is 14.0. The Balaban J connectivity index is 1.74. The number of carbonyl (C=O) groups excluding carboxylic acids is 2. The molecule has 22 heavy (non-hydrogen) atoms. The Bertz CT molecular complexity index is 637. The summed E-state index contributed by atoms with van der Waals surface area (Å²) in [6.45, 7) is 0.557. The van der Waals surface area contributed by atoms with Crippen LogP contribution < -0.4 is 5.32 Å². The molecule has 116 valence electrons. The molecule has 2 atom stereocenters. The average molecular weight is 334 g/mol. The molecule has 0 radical (unpaired) electrons. The lowest BCUT2D eigenvalue weighted by Gasteiger charge is -2.37. The van der Waals surface area contributed by atoms with Crippen molar-refractivity contribution in [1.82, 2.24) is 10.2 Å². The van der Waals surface area contributed by atoms with Crippen molar-refractivity contribution in [2.45, 2.75) is 25.4 Å². The van der Waals surface area contributed by atoms with E-state index in [4.69, 9.17) is 0 Å². The Morgan fingerprint density at radius 1 is 1.32 bits per heavy atom. The summed E-state index contributed by atoms with van der Waals surface area (Å²) in [5.41, 5.74) is 0. The summed E-state index contributed by atoms with van der Waals surface area (Å²) in [7, 11) is 1.80. The van der Waals surface area contributed by atoms with Crippen LogP contribution in [0.4, 0.5) is 0 Å². The molecule has 0 saturated carbocycles. The Morgan fingerprint density at radius 3 is 2.77 bits per heavy atom. The highest BCUT2D eigenvalue weighted by Crippen LogP contribution is 2.37. The number of nitrogens with zero attached hydrogens (tertiary/aromatic N) is 1. The van der Waals surface area contributed by atoms with Crippen LogP contribution in [0.5, 0.6) is 0 Å². The maximum absolute atomic E-state index is 12.6. The number of thiophene rings is 2. The van der Waals surface area contributed by atoms with Crippen LogP contribution in [0, 0.1) is 5.92 Å². The molecule has 2 aromatic rings. The minimum absolute atomic E-state index is 0.0335. The van der Waals surface area contributed by atoms with Crippen LogP contribution in [0.3, 0.4) is 0 Å². The predicted molar refractivity (Wildman–Crippen MR) is 88.7 cm³/mol. The van der Waals surface area contributed by atoms with Crippen molar-refractivity contribution in [1.29, 1.82) is 0 Å². The van der Waals surface area contributed by atoms with Crippen molar-refractivity contribution in [2.24, 2.45) is 5.92 Å². The van der Waals surface area contributed by atoms with Gasteiger partial charge in [-0.3, -0.25) is 9.59 Å². The van der Waals surface area contributed by atoms with Gasteiger partial charge in [0.05, 0.1) is 18.5 Å². The SMILES string of the molecule is CN1C(=O)CCC(C(=O)NCc2cccs2)C1c1cccs1. The van der Waals surface area contributed by atoms with E-state index in [2.05, 4.69) is 5.32 Å². The summed E-state index contributed by atoms with van der Waals surface area (Å²) in [6, 6.07) is 7.81. The summed E-state index contributed by atoms with van der Waals surface area (Å²) in [6.07, 6.45) is 1.05. The van der Waals surface area contributed by atoms with Gasteiger partial charge >= 0.3 is 0 Å². The van der Waals surface area contributed by atoms with E-state index in [0.717, 1.165) is 9.75 Å². The summed E-state index contributed by atoms with van der Waals surface area (Å²) in [5, 5.41) is 7.01. The number of likely N-dealkylation sites (tertiary alicyclic amines) is 1. The van der Waals surface area contributed by atoms with E-state index in [9.17, 15) is 9.59 Å². The maximum atomic E-state index is 12.6. The highest BCUT2D eigenvalue weighted by atomic mass is 32.1. The van der Waals surface area contributed by atoms with Crippen molar-refractivity contribution in [3.8, 4) is 0 Å². The van der Waals surface area contributed by atoms with Gasteiger partial charge in [0.1, 0.15) is 0 Å². The van der Waals surface area contributed by atoms with E-state index in [1.54, 1.807) is 34.6 Å². The fourth-order valence-electron chi connectivity index (χ4n) is 2.88. The lowest BCUT2D eigenvalue weighted by Crippen LogP contribution is -2.45. The van der Waals surface area contributed by atoms with Crippen LogP contribution in [0.2, 0.25) is 0 Å². The molecular formula is C16H18N2O2S2. The average Bonchev–Trinajstić information content (AvgIpc) is 3.20. The molecule has 1 saturated heterocycles. The fraction of sp³-hybridized carbons (Fsp3) is 0.375. The molecule has 2 amide bonds. The van der Waals surface area contributed by atoms with Crippen molar-refractivity contribution in [3.63, 3.8) is 0 Å². The Labute approximate surface area is 137 Å². The third-order valence-electron chi connectivity index (χ3n) is 4.05. The molecule has 4 nitrogen and oxygen atoms in total. The second-order valence-corrected chi connectivity index (χ2v) is 7.42. The predicted octanol–water partition coefficient (Wildman–Crippen LogP) is 3.04. The van der Waals surface area contributed by atoms with E-state index in [-0.39, 0.29) is 23.8 Å². The van der Waals surface area contributed by atoms with E-state index in [0.29, 0.717) is 19.4 Å². The van der Waals surface area contributed by atoms with Crippen LogP contribution in [0.15, 0.2) is 35.0 Å². The van der Waals surface area contributed by atoms with E-state index < -0.39 is 0 Å². The molecule has 3 heterocycles. The zero-order chi connectivity index (χ0) is 15.5. The van der Waals surface area contributed by atoms with Gasteiger partial charge in [0.25, 0.3) is 0 Å². The van der Waals surface area contributed by atoms with Gasteiger partial charge in [0.2, 0.25) is 11.8 Å². The van der Waals surface area contributed by atoms with Gasteiger partial charge < -0.3 is 10.2 Å². The first-order valence-electron chi connectivity index (χ1n) is 7.26. The highest BCUT2D eigenvalue weighted by Gasteiger charge is 2.39. The molecule has 1 aliphatic rings. The molecule has 2 aromatic heterocycles. The van der Waals surface area contributed by atoms with Gasteiger partial charge in [0.15, 0.2) is 0 Å². The molecule has 1 fully saturated rings. The maximum Gasteiger partial charge on any atom is 0.225 e. The third kappa shape index (κ3) is 3.08. The lowest BCUT2D eigenvalue weighted by atomic mass is 9.87. The molecule has 0 aliphatic carbocycles. The molecule has 1 aliphatic heterocycles. The first-order chi connectivity index (χ1) is 10.7. The van der Waals surface area contributed by atoms with Crippen molar-refractivity contribution in [2.75, 3.05) is 7.05 Å². The van der Waals surface area contributed by atoms with Gasteiger partial charge in [0, 0.05) is 23.2 Å². The minimum atomic E-state index is -0.179. The number of hydrogen-bond acceptors (Lipinski definition) is 4. The number of hydrogen-bond donors (Lipinski definition) is 1. The van der Waals surface area contributed by atoms with E-state index >= 15 is 0 Å². The number of rotatable bonds is 4. The third-order valence-corrected chi connectivity index (χ3v) is 5.87. The van der Waals surface area contributed by atoms with Crippen LogP contribution in [0.1, 0.15) is 28.6 Å². The van der Waals surface area contributed by atoms with E-state index in [1.807, 2.05) is 35.0 Å². The van der Waals surface area contributed by atoms with Crippen molar-refractivity contribution in [3.05, 3.63) is 44.8 Å². The second kappa shape index (κ2) is 6.62. The van der Waals surface area contributed by atoms with Gasteiger partial charge in [-0.05, 0) is 29.3 Å². The first-order valence-corrected chi connectivity index (χ1v) is 9.02. The molecule has 1 N–H and O–H groups in total. The van der Waals surface area contributed by atoms with Crippen LogP contribution in [-0.2, 0) is 16.1 Å². The van der Waals surface area contributed by atoms with Crippen LogP contribution >= 0.6 is 22.7 Å². The lowest BCUT2D eigenvalue weighted by molar-refractivity contribution is -0.141. The van der Waals surface area contributed by atoms with Gasteiger partial charge in [-0.1, -0.05) is 12.1 Å². The highest BCUT2D eigenvalue weighted by molar-refractivity contribution is 7.10. The monoisotopic (exact) mass is 334 g/mol. The molecule has 6 heteroatoms. The summed E-state index contributed by atoms with van der Waals surface area (Å²) < 4.78 is 0. The smallest absolute Gasteiger partial charge is 0.225 e. The molecule has 0 bridgehead atoms. The van der Waals surface area contributed by atoms with Crippen LogP contribution in [0.25, 0.3) is 0 Å². The number of amides is 2. The van der Waals surface area contributed by atoms with Crippen molar-refractivity contribution < 1.29 is 9.59 Å². The Hall–Kier alpha value is -1.66. The Morgan fingerprint density at radius 2 is 2.09 bits per heavy atom. The topological polar surface area (TPSA) is 49.4 Å². The zero-order valence-electron chi connectivity index (χ0n) is 12.3. The van der Waals surface area contributed by atoms with Crippen molar-refractivity contribution >= 4 is 34.5 Å². The fourth-order valence-corrected chi connectivity index (χ4v) is 4.46. The van der Waals surface area contributed by atoms with Gasteiger partial charge in [-0.2, -0.15) is 0 Å². The minimum Gasteiger partial charge on any atom is -0.351 e. The van der Waals surface area contributed by atoms with Gasteiger partial charge in [-0.25, -0.2) is 0 Å². The molecular weight excluding hydrogens is 316 g/mol. The normalized spacial score (nSPS) is 21.9. The molecule has 3 rings (SSSR count). The number of piperidine rings is 1. The summed E-state index contributed by atoms with van der Waals surface area (Å²) >= 11 is 3.23. The molecule has 0 spiro atoms. The summed E-state index contributed by atoms with van der Waals surface area (Å²) in [4.78, 5) is 28.6. The van der Waals surface area contributed by atoms with Crippen LogP contribution in [-0.4, -0.2) is 23.8 Å². The largest absolute Gasteiger partial charge is 0.351 e. The standard InChI is InChI=1S/C16H18N2O2S2/c1-18-14(19)7-6-12(15(18)13-5-3-9-22-13)16(20)17-10-11-4-2-8-21-11/h2-5,8-9,12,15H,6-7,10H2,1H3,(H,17,20). The molecule has 2 unspecified atom stereocenters. The van der Waals surface area contributed by atoms with E-state index in [1.165, 1.54) is 0 Å². The summed E-state index contributed by atoms with van der Waals surface area (Å²) in [5.74, 6) is -0.0341. The number of carbonyl (C=O) groups is 2. The first kappa shape index (κ1) is 15.2. The number of nitrogens with one attached hydrogen (secondary N) is 1. The Kier molecular flexibility index (Phi) is 4.59.